The Balaban J connectivity index is 1.69. The van der Waals surface area contributed by atoms with Crippen LogP contribution in [0, 0.1) is 18.8 Å². The van der Waals surface area contributed by atoms with Gasteiger partial charge in [-0.15, -0.1) is 0 Å². The molecule has 1 aromatic carbocycles. The van der Waals surface area contributed by atoms with E-state index in [-0.39, 0.29) is 11.8 Å². The van der Waals surface area contributed by atoms with E-state index >= 15 is 0 Å². The van der Waals surface area contributed by atoms with E-state index in [0.717, 1.165) is 36.2 Å². The summed E-state index contributed by atoms with van der Waals surface area (Å²) in [7, 11) is 0. The van der Waals surface area contributed by atoms with E-state index in [2.05, 4.69) is 15.3 Å². The molecular weight excluding hydrogens is 288 g/mol. The Labute approximate surface area is 136 Å². The average molecular weight is 310 g/mol. The molecule has 0 bridgehead atoms. The van der Waals surface area contributed by atoms with Gasteiger partial charge in [0, 0.05) is 29.1 Å². The molecule has 1 aliphatic rings. The average Bonchev–Trinajstić information content (AvgIpc) is 3.04. The highest BCUT2D eigenvalue weighted by molar-refractivity contribution is 5.93. The summed E-state index contributed by atoms with van der Waals surface area (Å²) in [4.78, 5) is 21.1. The van der Waals surface area contributed by atoms with Gasteiger partial charge in [-0.3, -0.25) is 4.79 Å². The van der Waals surface area contributed by atoms with Crippen molar-refractivity contribution >= 4 is 11.6 Å². The molecule has 1 aliphatic carbocycles. The number of aryl methyl sites for hydroxylation is 1. The van der Waals surface area contributed by atoms with Crippen LogP contribution in [0.25, 0.3) is 11.4 Å². The molecule has 23 heavy (non-hydrogen) atoms. The first kappa shape index (κ1) is 15.6. The summed E-state index contributed by atoms with van der Waals surface area (Å²) in [6, 6.07) is 9.52. The summed E-state index contributed by atoms with van der Waals surface area (Å²) in [6.07, 6.45) is 4.82. The van der Waals surface area contributed by atoms with Crippen molar-refractivity contribution in [2.75, 3.05) is 11.9 Å². The molecular formula is C18H22N4O. The topological polar surface area (TPSA) is 80.9 Å². The maximum Gasteiger partial charge on any atom is 0.227 e. The highest BCUT2D eigenvalue weighted by atomic mass is 16.1. The Kier molecular flexibility index (Phi) is 4.67. The SMILES string of the molecule is Cc1ccnc(-c2ccc(NC(=O)[C@@H]3CCC[C@@H]3CN)cc2)n1. The van der Waals surface area contributed by atoms with E-state index in [0.29, 0.717) is 18.3 Å². The van der Waals surface area contributed by atoms with Crippen LogP contribution in [0.3, 0.4) is 0 Å². The Bertz CT molecular complexity index is 684. The van der Waals surface area contributed by atoms with Gasteiger partial charge < -0.3 is 11.1 Å². The van der Waals surface area contributed by atoms with E-state index in [4.69, 9.17) is 5.73 Å². The largest absolute Gasteiger partial charge is 0.330 e. The van der Waals surface area contributed by atoms with Crippen molar-refractivity contribution in [1.29, 1.82) is 0 Å². The van der Waals surface area contributed by atoms with E-state index < -0.39 is 0 Å². The van der Waals surface area contributed by atoms with Gasteiger partial charge in [0.25, 0.3) is 0 Å². The van der Waals surface area contributed by atoms with Crippen molar-refractivity contribution in [1.82, 2.24) is 9.97 Å². The highest BCUT2D eigenvalue weighted by Gasteiger charge is 2.31. The molecule has 1 amide bonds. The Morgan fingerprint density at radius 2 is 2.04 bits per heavy atom. The molecule has 0 spiro atoms. The molecule has 0 aliphatic heterocycles. The first-order valence-electron chi connectivity index (χ1n) is 8.08. The van der Waals surface area contributed by atoms with E-state index in [9.17, 15) is 4.79 Å². The number of amides is 1. The monoisotopic (exact) mass is 310 g/mol. The van der Waals surface area contributed by atoms with E-state index in [1.165, 1.54) is 0 Å². The second-order valence-electron chi connectivity index (χ2n) is 6.12. The van der Waals surface area contributed by atoms with Crippen LogP contribution < -0.4 is 11.1 Å². The standard InChI is InChI=1S/C18H22N4O/c1-12-9-10-20-17(21-12)13-5-7-15(8-6-13)22-18(23)16-4-2-3-14(16)11-19/h5-10,14,16H,2-4,11,19H2,1H3,(H,22,23)/t14-,16-/m1/s1. The molecule has 2 aromatic rings. The number of carbonyl (C=O) groups is 1. The number of anilines is 1. The molecule has 3 N–H and O–H groups in total. The zero-order valence-electron chi connectivity index (χ0n) is 13.3. The minimum atomic E-state index is 0.0415. The third-order valence-corrected chi connectivity index (χ3v) is 4.50. The van der Waals surface area contributed by atoms with Crippen LogP contribution in [0.1, 0.15) is 25.0 Å². The molecule has 2 atom stereocenters. The molecule has 3 rings (SSSR count). The van der Waals surface area contributed by atoms with Gasteiger partial charge in [-0.2, -0.15) is 0 Å². The highest BCUT2D eigenvalue weighted by Crippen LogP contribution is 2.32. The lowest BCUT2D eigenvalue weighted by molar-refractivity contribution is -0.120. The van der Waals surface area contributed by atoms with Crippen LogP contribution >= 0.6 is 0 Å². The Morgan fingerprint density at radius 1 is 1.26 bits per heavy atom. The van der Waals surface area contributed by atoms with Gasteiger partial charge in [-0.1, -0.05) is 6.42 Å². The summed E-state index contributed by atoms with van der Waals surface area (Å²) in [6.45, 7) is 2.52. The van der Waals surface area contributed by atoms with Crippen LogP contribution in [0.2, 0.25) is 0 Å². The summed E-state index contributed by atoms with van der Waals surface area (Å²) < 4.78 is 0. The Morgan fingerprint density at radius 3 is 2.74 bits per heavy atom. The predicted molar refractivity (Wildman–Crippen MR) is 90.7 cm³/mol. The number of carbonyl (C=O) groups excluding carboxylic acids is 1. The second-order valence-corrected chi connectivity index (χ2v) is 6.12. The number of nitrogens with one attached hydrogen (secondary N) is 1. The number of benzene rings is 1. The normalized spacial score (nSPS) is 20.4. The fraction of sp³-hybridized carbons (Fsp3) is 0.389. The third-order valence-electron chi connectivity index (χ3n) is 4.50. The van der Waals surface area contributed by atoms with Crippen LogP contribution in [0.5, 0.6) is 0 Å². The quantitative estimate of drug-likeness (QED) is 0.910. The zero-order valence-corrected chi connectivity index (χ0v) is 13.3. The van der Waals surface area contributed by atoms with Crippen molar-refractivity contribution < 1.29 is 4.79 Å². The molecule has 5 nitrogen and oxygen atoms in total. The summed E-state index contributed by atoms with van der Waals surface area (Å²) in [5.41, 5.74) is 8.43. The summed E-state index contributed by atoms with van der Waals surface area (Å²) in [5, 5.41) is 3.00. The van der Waals surface area contributed by atoms with Crippen LogP contribution in [-0.4, -0.2) is 22.4 Å². The molecule has 1 heterocycles. The predicted octanol–water partition coefficient (Wildman–Crippen LogP) is 2.77. The van der Waals surface area contributed by atoms with Gasteiger partial charge in [-0.05, 0) is 62.6 Å². The second kappa shape index (κ2) is 6.87. The molecule has 0 unspecified atom stereocenters. The molecule has 1 fully saturated rings. The molecule has 0 saturated heterocycles. The van der Waals surface area contributed by atoms with Gasteiger partial charge in [0.2, 0.25) is 5.91 Å². The Hall–Kier alpha value is -2.27. The fourth-order valence-corrected chi connectivity index (χ4v) is 3.19. The maximum atomic E-state index is 12.4. The lowest BCUT2D eigenvalue weighted by Crippen LogP contribution is -2.29. The van der Waals surface area contributed by atoms with Gasteiger partial charge in [-0.25, -0.2) is 9.97 Å². The number of nitrogens with zero attached hydrogens (tertiary/aromatic N) is 2. The van der Waals surface area contributed by atoms with Crippen LogP contribution in [0.4, 0.5) is 5.69 Å². The summed E-state index contributed by atoms with van der Waals surface area (Å²) >= 11 is 0. The number of hydrogen-bond acceptors (Lipinski definition) is 4. The van der Waals surface area contributed by atoms with Crippen molar-refractivity contribution in [3.8, 4) is 11.4 Å². The summed E-state index contributed by atoms with van der Waals surface area (Å²) in [5.74, 6) is 1.13. The van der Waals surface area contributed by atoms with Gasteiger partial charge in [0.05, 0.1) is 0 Å². The van der Waals surface area contributed by atoms with Crippen molar-refractivity contribution in [2.24, 2.45) is 17.6 Å². The molecule has 1 saturated carbocycles. The van der Waals surface area contributed by atoms with Gasteiger partial charge in [0.1, 0.15) is 0 Å². The lowest BCUT2D eigenvalue weighted by Gasteiger charge is -2.17. The van der Waals surface area contributed by atoms with Gasteiger partial charge >= 0.3 is 0 Å². The first-order chi connectivity index (χ1) is 11.2. The number of rotatable bonds is 4. The van der Waals surface area contributed by atoms with Gasteiger partial charge in [0.15, 0.2) is 5.82 Å². The molecule has 5 heteroatoms. The minimum absolute atomic E-state index is 0.0415. The zero-order chi connectivity index (χ0) is 16.2. The van der Waals surface area contributed by atoms with E-state index in [1.807, 2.05) is 37.3 Å². The molecule has 120 valence electrons. The van der Waals surface area contributed by atoms with Crippen molar-refractivity contribution in [3.63, 3.8) is 0 Å². The van der Waals surface area contributed by atoms with Crippen LogP contribution in [-0.2, 0) is 4.79 Å². The first-order valence-corrected chi connectivity index (χ1v) is 8.08. The van der Waals surface area contributed by atoms with Crippen molar-refractivity contribution in [3.05, 3.63) is 42.2 Å². The third kappa shape index (κ3) is 3.56. The number of nitrogens with two attached hydrogens (primary N) is 1. The van der Waals surface area contributed by atoms with E-state index in [1.54, 1.807) is 6.20 Å². The maximum absolute atomic E-state index is 12.4. The van der Waals surface area contributed by atoms with Crippen molar-refractivity contribution in [2.45, 2.75) is 26.2 Å². The molecule has 1 aromatic heterocycles. The molecule has 0 radical (unpaired) electrons. The smallest absolute Gasteiger partial charge is 0.227 e. The fourth-order valence-electron chi connectivity index (χ4n) is 3.19. The lowest BCUT2D eigenvalue weighted by atomic mass is 9.95. The number of hydrogen-bond donors (Lipinski definition) is 2. The minimum Gasteiger partial charge on any atom is -0.330 e. The number of aromatic nitrogens is 2. The van der Waals surface area contributed by atoms with Crippen LogP contribution in [0.15, 0.2) is 36.5 Å².